The highest BCUT2D eigenvalue weighted by molar-refractivity contribution is 14.1. The summed E-state index contributed by atoms with van der Waals surface area (Å²) < 4.78 is 22.3. The summed E-state index contributed by atoms with van der Waals surface area (Å²) in [5.74, 6) is 0. The Bertz CT molecular complexity index is 394. The molecule has 5 heteroatoms. The number of halogens is 2. The topological polar surface area (TPSA) is 34.1 Å². The van der Waals surface area contributed by atoms with E-state index in [-0.39, 0.29) is 0 Å². The zero-order valence-electron chi connectivity index (χ0n) is 6.87. The molecule has 1 rings (SSSR count). The van der Waals surface area contributed by atoms with Crippen molar-refractivity contribution in [2.24, 2.45) is 0 Å². The van der Waals surface area contributed by atoms with Gasteiger partial charge in [0.2, 0.25) is 9.05 Å². The molecule has 0 heterocycles. The smallest absolute Gasteiger partial charge is 0.211 e. The Kier molecular flexibility index (Phi) is 3.24. The Balaban J connectivity index is 3.19. The fourth-order valence-corrected chi connectivity index (χ4v) is 2.02. The maximum atomic E-state index is 11.2. The van der Waals surface area contributed by atoms with E-state index in [0.29, 0.717) is 0 Å². The minimum absolute atomic E-state index is 0.970. The molecule has 0 spiro atoms. The second-order valence-corrected chi connectivity index (χ2v) is 7.09. The lowest BCUT2D eigenvalue weighted by Crippen LogP contribution is -2.26. The van der Waals surface area contributed by atoms with Gasteiger partial charge < -0.3 is 0 Å². The lowest BCUT2D eigenvalue weighted by atomic mass is 10.1. The molecule has 0 N–H and O–H groups in total. The zero-order chi connectivity index (χ0) is 10.1. The van der Waals surface area contributed by atoms with Crippen LogP contribution < -0.4 is 0 Å². The molecule has 1 unspecified atom stereocenters. The van der Waals surface area contributed by atoms with E-state index in [2.05, 4.69) is 22.6 Å². The van der Waals surface area contributed by atoms with Crippen molar-refractivity contribution in [3.8, 4) is 0 Å². The molecule has 1 atom stereocenters. The van der Waals surface area contributed by atoms with Gasteiger partial charge in [-0.15, -0.1) is 0 Å². The van der Waals surface area contributed by atoms with Crippen LogP contribution in [-0.2, 0) is 9.05 Å². The van der Waals surface area contributed by atoms with Gasteiger partial charge in [0.1, 0.15) is 4.75 Å². The van der Waals surface area contributed by atoms with E-state index < -0.39 is 13.8 Å². The summed E-state index contributed by atoms with van der Waals surface area (Å²) in [6.45, 7) is 1.56. The minimum Gasteiger partial charge on any atom is -0.211 e. The molecule has 13 heavy (non-hydrogen) atoms. The van der Waals surface area contributed by atoms with Crippen LogP contribution in [-0.4, -0.2) is 13.2 Å². The standard InChI is InChI=1S/C8H8ClIO2S/c1-8(13(9,11)12)5-2-3-7(10)4-6-8/h2-6H,1H3. The first-order chi connectivity index (χ1) is 5.85. The second kappa shape index (κ2) is 3.74. The van der Waals surface area contributed by atoms with Crippen LogP contribution in [0.1, 0.15) is 6.92 Å². The summed E-state index contributed by atoms with van der Waals surface area (Å²) in [5.41, 5.74) is 0. The molecule has 0 amide bonds. The third-order valence-corrected chi connectivity index (χ3v) is 4.82. The zero-order valence-corrected chi connectivity index (χ0v) is 10.6. The fourth-order valence-electron chi connectivity index (χ4n) is 0.850. The Hall–Kier alpha value is 0.190. The Morgan fingerprint density at radius 1 is 1.46 bits per heavy atom. The predicted octanol–water partition coefficient (Wildman–Crippen LogP) is 2.76. The van der Waals surface area contributed by atoms with Crippen molar-refractivity contribution < 1.29 is 8.42 Å². The van der Waals surface area contributed by atoms with Crippen molar-refractivity contribution in [3.63, 3.8) is 0 Å². The van der Waals surface area contributed by atoms with Gasteiger partial charge in [0, 0.05) is 14.3 Å². The van der Waals surface area contributed by atoms with Crippen LogP contribution in [0, 0.1) is 0 Å². The third kappa shape index (κ3) is 2.57. The van der Waals surface area contributed by atoms with Gasteiger partial charge in [-0.3, -0.25) is 0 Å². The van der Waals surface area contributed by atoms with Crippen LogP contribution in [0.2, 0.25) is 0 Å². The van der Waals surface area contributed by atoms with Gasteiger partial charge in [-0.1, -0.05) is 24.3 Å². The van der Waals surface area contributed by atoms with Gasteiger partial charge in [-0.05, 0) is 35.6 Å². The quantitative estimate of drug-likeness (QED) is 0.547. The highest BCUT2D eigenvalue weighted by Crippen LogP contribution is 2.28. The minimum atomic E-state index is -3.61. The molecule has 1 aliphatic carbocycles. The normalized spacial score (nSPS) is 28.4. The van der Waals surface area contributed by atoms with Gasteiger partial charge in [0.05, 0.1) is 0 Å². The molecule has 0 saturated carbocycles. The number of hydrogen-bond acceptors (Lipinski definition) is 2. The van der Waals surface area contributed by atoms with E-state index >= 15 is 0 Å². The first-order valence-electron chi connectivity index (χ1n) is 3.54. The lowest BCUT2D eigenvalue weighted by Gasteiger charge is -2.16. The number of hydrogen-bond donors (Lipinski definition) is 0. The SMILES string of the molecule is CC1(S(=O)(=O)Cl)C=CC=C(I)C=C1. The number of rotatable bonds is 1. The average molecular weight is 331 g/mol. The Morgan fingerprint density at radius 3 is 2.62 bits per heavy atom. The number of allylic oxidation sites excluding steroid dienone is 4. The maximum absolute atomic E-state index is 11.2. The van der Waals surface area contributed by atoms with E-state index in [1.165, 1.54) is 0 Å². The molecular formula is C8H8ClIO2S. The first-order valence-corrected chi connectivity index (χ1v) is 6.92. The van der Waals surface area contributed by atoms with Crippen molar-refractivity contribution >= 4 is 42.3 Å². The lowest BCUT2D eigenvalue weighted by molar-refractivity contribution is 0.595. The summed E-state index contributed by atoms with van der Waals surface area (Å²) >= 11 is 2.11. The Labute approximate surface area is 95.9 Å². The van der Waals surface area contributed by atoms with Gasteiger partial charge in [0.25, 0.3) is 0 Å². The van der Waals surface area contributed by atoms with E-state index in [1.54, 1.807) is 31.2 Å². The highest BCUT2D eigenvalue weighted by Gasteiger charge is 2.32. The predicted molar refractivity (Wildman–Crippen MR) is 63.6 cm³/mol. The molecule has 0 bridgehead atoms. The summed E-state index contributed by atoms with van der Waals surface area (Å²) in [7, 11) is 1.71. The molecule has 0 radical (unpaired) electrons. The van der Waals surface area contributed by atoms with E-state index in [4.69, 9.17) is 10.7 Å². The molecule has 0 aromatic carbocycles. The van der Waals surface area contributed by atoms with Gasteiger partial charge >= 0.3 is 0 Å². The molecule has 2 nitrogen and oxygen atoms in total. The van der Waals surface area contributed by atoms with Gasteiger partial charge in [0.15, 0.2) is 0 Å². The molecular weight excluding hydrogens is 323 g/mol. The van der Waals surface area contributed by atoms with Crippen LogP contribution in [0.3, 0.4) is 0 Å². The molecule has 1 aliphatic rings. The van der Waals surface area contributed by atoms with E-state index in [1.807, 2.05) is 6.08 Å². The van der Waals surface area contributed by atoms with Crippen LogP contribution >= 0.6 is 33.3 Å². The summed E-state index contributed by atoms with van der Waals surface area (Å²) in [6, 6.07) is 0. The molecule has 72 valence electrons. The van der Waals surface area contributed by atoms with Crippen molar-refractivity contribution in [1.82, 2.24) is 0 Å². The molecule has 0 aromatic heterocycles. The average Bonchev–Trinajstić information content (AvgIpc) is 2.13. The summed E-state index contributed by atoms with van der Waals surface area (Å²) in [6.07, 6.45) is 8.40. The molecule has 0 aromatic rings. The monoisotopic (exact) mass is 330 g/mol. The van der Waals surface area contributed by atoms with Crippen LogP contribution in [0.25, 0.3) is 0 Å². The van der Waals surface area contributed by atoms with Gasteiger partial charge in [-0.2, -0.15) is 0 Å². The summed E-state index contributed by atoms with van der Waals surface area (Å²) in [4.78, 5) is 0. The van der Waals surface area contributed by atoms with E-state index in [9.17, 15) is 8.42 Å². The fraction of sp³-hybridized carbons (Fsp3) is 0.250. The van der Waals surface area contributed by atoms with Crippen LogP contribution in [0.5, 0.6) is 0 Å². The van der Waals surface area contributed by atoms with Gasteiger partial charge in [-0.25, -0.2) is 8.42 Å². The largest absolute Gasteiger partial charge is 0.245 e. The van der Waals surface area contributed by atoms with Crippen molar-refractivity contribution in [2.45, 2.75) is 11.7 Å². The summed E-state index contributed by atoms with van der Waals surface area (Å²) in [5, 5.41) is 0. The van der Waals surface area contributed by atoms with E-state index in [0.717, 1.165) is 3.58 Å². The second-order valence-electron chi connectivity index (χ2n) is 2.87. The van der Waals surface area contributed by atoms with Crippen molar-refractivity contribution in [3.05, 3.63) is 34.0 Å². The van der Waals surface area contributed by atoms with Crippen LogP contribution in [0.4, 0.5) is 0 Å². The molecule has 0 saturated heterocycles. The Morgan fingerprint density at radius 2 is 2.08 bits per heavy atom. The van der Waals surface area contributed by atoms with Crippen molar-refractivity contribution in [1.29, 1.82) is 0 Å². The van der Waals surface area contributed by atoms with Crippen LogP contribution in [0.15, 0.2) is 34.0 Å². The van der Waals surface area contributed by atoms with Crippen molar-refractivity contribution in [2.75, 3.05) is 0 Å². The third-order valence-electron chi connectivity index (χ3n) is 1.78. The molecule has 0 fully saturated rings. The first kappa shape index (κ1) is 11.3. The maximum Gasteiger partial charge on any atom is 0.245 e. The highest BCUT2D eigenvalue weighted by atomic mass is 127. The molecule has 0 aliphatic heterocycles.